The molecule has 1 aliphatic rings. The molecular weight excluding hydrogens is 214 g/mol. The number of hydrogen-bond acceptors (Lipinski definition) is 3. The third kappa shape index (κ3) is 8.58. The zero-order valence-electron chi connectivity index (χ0n) is 11.8. The fraction of sp³-hybridized carbons (Fsp3) is 1.00. The molecular formula is C14H29NO2. The predicted octanol–water partition coefficient (Wildman–Crippen LogP) is 2.74. The highest BCUT2D eigenvalue weighted by atomic mass is 16.5. The number of rotatable bonds is 7. The zero-order valence-corrected chi connectivity index (χ0v) is 11.8. The SMILES string of the molecule is CC(C)(C)OCCOCCNC1CCCCC1. The number of nitrogens with one attached hydrogen (secondary N) is 1. The lowest BCUT2D eigenvalue weighted by atomic mass is 9.96. The Hall–Kier alpha value is -0.120. The fourth-order valence-electron chi connectivity index (χ4n) is 2.15. The quantitative estimate of drug-likeness (QED) is 0.697. The van der Waals surface area contributed by atoms with Crippen LogP contribution in [0.25, 0.3) is 0 Å². The average Bonchev–Trinajstić information content (AvgIpc) is 2.28. The molecule has 0 bridgehead atoms. The van der Waals surface area contributed by atoms with E-state index in [0.717, 1.165) is 19.2 Å². The molecule has 3 nitrogen and oxygen atoms in total. The standard InChI is InChI=1S/C14H29NO2/c1-14(2,3)17-12-11-16-10-9-15-13-7-5-4-6-8-13/h13,15H,4-12H2,1-3H3. The van der Waals surface area contributed by atoms with Gasteiger partial charge in [-0.25, -0.2) is 0 Å². The number of ether oxygens (including phenoxy) is 2. The van der Waals surface area contributed by atoms with Gasteiger partial charge in [-0.15, -0.1) is 0 Å². The Morgan fingerprint density at radius 3 is 2.35 bits per heavy atom. The second kappa shape index (κ2) is 8.06. The van der Waals surface area contributed by atoms with Crippen molar-refractivity contribution in [3.8, 4) is 0 Å². The van der Waals surface area contributed by atoms with Gasteiger partial charge >= 0.3 is 0 Å². The minimum absolute atomic E-state index is 0.0519. The molecule has 1 rings (SSSR count). The van der Waals surface area contributed by atoms with Gasteiger partial charge in [0.1, 0.15) is 0 Å². The van der Waals surface area contributed by atoms with Crippen molar-refractivity contribution in [3.63, 3.8) is 0 Å². The molecule has 0 radical (unpaired) electrons. The smallest absolute Gasteiger partial charge is 0.0707 e. The van der Waals surface area contributed by atoms with E-state index in [4.69, 9.17) is 9.47 Å². The molecule has 0 aromatic rings. The first-order valence-electron chi connectivity index (χ1n) is 7.03. The van der Waals surface area contributed by atoms with E-state index in [9.17, 15) is 0 Å². The molecule has 17 heavy (non-hydrogen) atoms. The van der Waals surface area contributed by atoms with Crippen LogP contribution in [-0.2, 0) is 9.47 Å². The molecule has 3 heteroatoms. The van der Waals surface area contributed by atoms with Crippen molar-refractivity contribution in [2.75, 3.05) is 26.4 Å². The normalized spacial score (nSPS) is 18.5. The Morgan fingerprint density at radius 2 is 1.71 bits per heavy atom. The van der Waals surface area contributed by atoms with Crippen LogP contribution < -0.4 is 5.32 Å². The van der Waals surface area contributed by atoms with E-state index in [-0.39, 0.29) is 5.60 Å². The summed E-state index contributed by atoms with van der Waals surface area (Å²) in [5.74, 6) is 0. The van der Waals surface area contributed by atoms with Gasteiger partial charge in [-0.05, 0) is 33.6 Å². The molecule has 1 aliphatic carbocycles. The van der Waals surface area contributed by atoms with Gasteiger partial charge in [0.2, 0.25) is 0 Å². The zero-order chi connectivity index (χ0) is 12.6. The van der Waals surface area contributed by atoms with Crippen LogP contribution in [0.1, 0.15) is 52.9 Å². The van der Waals surface area contributed by atoms with E-state index in [0.29, 0.717) is 13.2 Å². The maximum Gasteiger partial charge on any atom is 0.0707 e. The largest absolute Gasteiger partial charge is 0.378 e. The highest BCUT2D eigenvalue weighted by Gasteiger charge is 2.12. The van der Waals surface area contributed by atoms with Gasteiger partial charge in [0.25, 0.3) is 0 Å². The fourth-order valence-corrected chi connectivity index (χ4v) is 2.15. The molecule has 0 saturated heterocycles. The van der Waals surface area contributed by atoms with Crippen molar-refractivity contribution < 1.29 is 9.47 Å². The lowest BCUT2D eigenvalue weighted by Crippen LogP contribution is -2.33. The topological polar surface area (TPSA) is 30.5 Å². The molecule has 0 aromatic carbocycles. The first kappa shape index (κ1) is 14.9. The Kier molecular flexibility index (Phi) is 7.09. The van der Waals surface area contributed by atoms with E-state index in [1.54, 1.807) is 0 Å². The molecule has 0 atom stereocenters. The summed E-state index contributed by atoms with van der Waals surface area (Å²) >= 11 is 0. The van der Waals surface area contributed by atoms with Gasteiger partial charge in [-0.2, -0.15) is 0 Å². The van der Waals surface area contributed by atoms with Crippen molar-refractivity contribution in [2.45, 2.75) is 64.5 Å². The minimum Gasteiger partial charge on any atom is -0.378 e. The third-order valence-electron chi connectivity index (χ3n) is 3.05. The van der Waals surface area contributed by atoms with Crippen LogP contribution in [0.5, 0.6) is 0 Å². The van der Waals surface area contributed by atoms with E-state index >= 15 is 0 Å². The van der Waals surface area contributed by atoms with Crippen LogP contribution in [0.4, 0.5) is 0 Å². The van der Waals surface area contributed by atoms with Crippen LogP contribution in [-0.4, -0.2) is 38.0 Å². The lowest BCUT2D eigenvalue weighted by Gasteiger charge is -2.23. The monoisotopic (exact) mass is 243 g/mol. The number of hydrogen-bond donors (Lipinski definition) is 1. The molecule has 0 amide bonds. The molecule has 1 fully saturated rings. The highest BCUT2D eigenvalue weighted by Crippen LogP contribution is 2.16. The molecule has 1 saturated carbocycles. The van der Waals surface area contributed by atoms with Gasteiger partial charge in [-0.1, -0.05) is 19.3 Å². The summed E-state index contributed by atoms with van der Waals surface area (Å²) < 4.78 is 11.1. The minimum atomic E-state index is -0.0519. The summed E-state index contributed by atoms with van der Waals surface area (Å²) in [6, 6.07) is 0.734. The molecule has 102 valence electrons. The maximum atomic E-state index is 5.58. The third-order valence-corrected chi connectivity index (χ3v) is 3.05. The van der Waals surface area contributed by atoms with Crippen molar-refractivity contribution >= 4 is 0 Å². The summed E-state index contributed by atoms with van der Waals surface area (Å²) in [6.07, 6.45) is 6.87. The van der Waals surface area contributed by atoms with Crippen LogP contribution in [0, 0.1) is 0 Å². The van der Waals surface area contributed by atoms with Crippen molar-refractivity contribution in [1.82, 2.24) is 5.32 Å². The Labute approximate surface area is 106 Å². The molecule has 0 spiro atoms. The van der Waals surface area contributed by atoms with Gasteiger partial charge in [0.05, 0.1) is 25.4 Å². The van der Waals surface area contributed by atoms with E-state index < -0.39 is 0 Å². The van der Waals surface area contributed by atoms with Crippen molar-refractivity contribution in [1.29, 1.82) is 0 Å². The van der Waals surface area contributed by atoms with Crippen molar-refractivity contribution in [3.05, 3.63) is 0 Å². The summed E-state index contributed by atoms with van der Waals surface area (Å²) in [5.41, 5.74) is -0.0519. The van der Waals surface area contributed by atoms with Crippen LogP contribution in [0.3, 0.4) is 0 Å². The highest BCUT2D eigenvalue weighted by molar-refractivity contribution is 4.71. The summed E-state index contributed by atoms with van der Waals surface area (Å²) in [6.45, 7) is 9.35. The van der Waals surface area contributed by atoms with Gasteiger partial charge in [0, 0.05) is 12.6 Å². The van der Waals surface area contributed by atoms with Crippen molar-refractivity contribution in [2.24, 2.45) is 0 Å². The Bertz CT molecular complexity index is 183. The lowest BCUT2D eigenvalue weighted by molar-refractivity contribution is -0.0345. The molecule has 0 aliphatic heterocycles. The molecule has 0 unspecified atom stereocenters. The summed E-state index contributed by atoms with van der Waals surface area (Å²) in [7, 11) is 0. The van der Waals surface area contributed by atoms with E-state index in [1.807, 2.05) is 0 Å². The second-order valence-corrected chi connectivity index (χ2v) is 5.86. The second-order valence-electron chi connectivity index (χ2n) is 5.86. The van der Waals surface area contributed by atoms with Gasteiger partial charge < -0.3 is 14.8 Å². The van der Waals surface area contributed by atoms with E-state index in [1.165, 1.54) is 32.1 Å². The van der Waals surface area contributed by atoms with Crippen LogP contribution in [0.15, 0.2) is 0 Å². The average molecular weight is 243 g/mol. The molecule has 1 N–H and O–H groups in total. The first-order valence-corrected chi connectivity index (χ1v) is 7.03. The van der Waals surface area contributed by atoms with Crippen LogP contribution >= 0.6 is 0 Å². The maximum absolute atomic E-state index is 5.58. The summed E-state index contributed by atoms with van der Waals surface area (Å²) in [5, 5.41) is 3.56. The van der Waals surface area contributed by atoms with E-state index in [2.05, 4.69) is 26.1 Å². The Balaban J connectivity index is 1.84. The van der Waals surface area contributed by atoms with Gasteiger partial charge in [-0.3, -0.25) is 0 Å². The first-order chi connectivity index (χ1) is 8.08. The predicted molar refractivity (Wildman–Crippen MR) is 71.4 cm³/mol. The molecule has 0 aromatic heterocycles. The van der Waals surface area contributed by atoms with Gasteiger partial charge in [0.15, 0.2) is 0 Å². The summed E-state index contributed by atoms with van der Waals surface area (Å²) in [4.78, 5) is 0. The van der Waals surface area contributed by atoms with Crippen LogP contribution in [0.2, 0.25) is 0 Å². The molecule has 0 heterocycles. The Morgan fingerprint density at radius 1 is 1.00 bits per heavy atom.